The summed E-state index contributed by atoms with van der Waals surface area (Å²) in [6, 6.07) is 0. The van der Waals surface area contributed by atoms with Crippen molar-refractivity contribution in [2.24, 2.45) is 0 Å². The van der Waals surface area contributed by atoms with Gasteiger partial charge in [0.15, 0.2) is 0 Å². The number of Topliss-reactive ketones (excluding diaryl/α,β-unsaturated/α-hetero) is 1. The molecule has 0 saturated carbocycles. The Hall–Kier alpha value is -1.39. The van der Waals surface area contributed by atoms with Crippen molar-refractivity contribution >= 4 is 29.2 Å². The summed E-state index contributed by atoms with van der Waals surface area (Å²) in [6.07, 6.45) is 4.82. The van der Waals surface area contributed by atoms with Crippen LogP contribution in [0.3, 0.4) is 0 Å². The monoisotopic (exact) mass is 270 g/mol. The van der Waals surface area contributed by atoms with Crippen molar-refractivity contribution in [1.82, 2.24) is 0 Å². The molecule has 0 fully saturated rings. The Bertz CT molecular complexity index is 360. The van der Waals surface area contributed by atoms with Gasteiger partial charge in [0, 0.05) is 12.2 Å². The van der Waals surface area contributed by atoms with Crippen LogP contribution in [0.25, 0.3) is 5.53 Å². The zero-order valence-electron chi connectivity index (χ0n) is 10.7. The smallest absolute Gasteiger partial charge is 0.441 e. The van der Waals surface area contributed by atoms with Crippen LogP contribution in [0.15, 0.2) is 12.2 Å². The maximum Gasteiger partial charge on any atom is 0.441 e. The topological polar surface area (TPSA) is 79.8 Å². The van der Waals surface area contributed by atoms with Crippen LogP contribution >= 0.6 is 11.8 Å². The van der Waals surface area contributed by atoms with Gasteiger partial charge in [-0.15, -0.1) is 0 Å². The van der Waals surface area contributed by atoms with E-state index >= 15 is 0 Å². The molecule has 0 aromatic heterocycles. The van der Waals surface area contributed by atoms with E-state index in [9.17, 15) is 9.59 Å². The van der Waals surface area contributed by atoms with Gasteiger partial charge in [0.25, 0.3) is 5.78 Å². The van der Waals surface area contributed by atoms with Crippen LogP contribution in [-0.4, -0.2) is 40.4 Å². The number of carbonyl (C=O) groups is 2. The van der Waals surface area contributed by atoms with Crippen molar-refractivity contribution < 1.29 is 19.1 Å². The van der Waals surface area contributed by atoms with Gasteiger partial charge < -0.3 is 10.3 Å². The van der Waals surface area contributed by atoms with Crippen LogP contribution in [0.4, 0.5) is 0 Å². The molecule has 0 aliphatic carbocycles. The van der Waals surface area contributed by atoms with Crippen molar-refractivity contribution in [2.45, 2.75) is 26.7 Å². The lowest BCUT2D eigenvalue weighted by molar-refractivity contribution is -0.141. The molecule has 0 bridgehead atoms. The van der Waals surface area contributed by atoms with Gasteiger partial charge >= 0.3 is 11.7 Å². The van der Waals surface area contributed by atoms with E-state index in [-0.39, 0.29) is 13.0 Å². The lowest BCUT2D eigenvalue weighted by Gasteiger charge is -1.98. The van der Waals surface area contributed by atoms with Crippen LogP contribution in [0.2, 0.25) is 0 Å². The minimum Gasteiger partial charge on any atom is -0.457 e. The van der Waals surface area contributed by atoms with Crippen molar-refractivity contribution in [2.75, 3.05) is 18.1 Å². The lowest BCUT2D eigenvalue weighted by Crippen LogP contribution is -2.27. The summed E-state index contributed by atoms with van der Waals surface area (Å²) in [5.41, 5.74) is 8.10. The number of carbonyl (C=O) groups excluding carboxylic acids is 2. The number of esters is 1. The van der Waals surface area contributed by atoms with Crippen LogP contribution in [0, 0.1) is 0 Å². The van der Waals surface area contributed by atoms with E-state index in [2.05, 4.69) is 9.53 Å². The van der Waals surface area contributed by atoms with E-state index in [1.807, 2.05) is 19.1 Å². The fourth-order valence-electron chi connectivity index (χ4n) is 1.11. The first kappa shape index (κ1) is 16.6. The largest absolute Gasteiger partial charge is 0.457 e. The second kappa shape index (κ2) is 10.7. The first-order valence-electron chi connectivity index (χ1n) is 5.78. The van der Waals surface area contributed by atoms with Gasteiger partial charge in [-0.2, -0.15) is 16.6 Å². The summed E-state index contributed by atoms with van der Waals surface area (Å²) >= 11 is 1.70. The molecule has 0 saturated heterocycles. The quantitative estimate of drug-likeness (QED) is 0.122. The molecule has 0 heterocycles. The molecule has 5 nitrogen and oxygen atoms in total. The SMILES string of the molecule is C/C=C\CSCCCC(=O)C(=[N+]=[N-])C(=O)OCC. The Kier molecular flexibility index (Phi) is 9.91. The summed E-state index contributed by atoms with van der Waals surface area (Å²) in [5.74, 6) is 0.371. The summed E-state index contributed by atoms with van der Waals surface area (Å²) in [4.78, 5) is 25.5. The molecule has 0 spiro atoms. The molecule has 0 aliphatic heterocycles. The molecular weight excluding hydrogens is 252 g/mol. The van der Waals surface area contributed by atoms with E-state index in [1.165, 1.54) is 0 Å². The van der Waals surface area contributed by atoms with Crippen molar-refractivity contribution in [1.29, 1.82) is 0 Å². The van der Waals surface area contributed by atoms with Gasteiger partial charge in [0.1, 0.15) is 0 Å². The highest BCUT2D eigenvalue weighted by Gasteiger charge is 2.29. The number of ketones is 1. The standard InChI is InChI=1S/C12H18N2O3S/c1-3-5-8-18-9-6-7-10(15)11(14-13)12(16)17-4-2/h3,5H,4,6-9H2,1-2H3/b5-3-. The van der Waals surface area contributed by atoms with Crippen LogP contribution in [0.5, 0.6) is 0 Å². The van der Waals surface area contributed by atoms with Crippen LogP contribution in [-0.2, 0) is 14.3 Å². The van der Waals surface area contributed by atoms with Crippen LogP contribution in [0.1, 0.15) is 26.7 Å². The summed E-state index contributed by atoms with van der Waals surface area (Å²) in [6.45, 7) is 3.72. The molecule has 0 rings (SSSR count). The molecule has 18 heavy (non-hydrogen) atoms. The predicted octanol–water partition coefficient (Wildman–Crippen LogP) is 1.88. The third-order valence-corrected chi connectivity index (χ3v) is 2.98. The number of hydrogen-bond donors (Lipinski definition) is 0. The molecule has 0 aromatic rings. The maximum atomic E-state index is 11.6. The van der Waals surface area contributed by atoms with Crippen molar-refractivity contribution in [3.05, 3.63) is 17.7 Å². The van der Waals surface area contributed by atoms with Gasteiger partial charge in [-0.3, -0.25) is 4.79 Å². The third kappa shape index (κ3) is 7.04. The molecule has 0 aromatic carbocycles. The molecule has 0 N–H and O–H groups in total. The van der Waals surface area contributed by atoms with E-state index in [0.29, 0.717) is 6.42 Å². The minimum atomic E-state index is -0.869. The summed E-state index contributed by atoms with van der Waals surface area (Å²) in [7, 11) is 0. The average Bonchev–Trinajstić information content (AvgIpc) is 2.35. The first-order valence-corrected chi connectivity index (χ1v) is 6.94. The molecule has 0 radical (unpaired) electrons. The van der Waals surface area contributed by atoms with E-state index in [1.54, 1.807) is 18.7 Å². The van der Waals surface area contributed by atoms with Gasteiger partial charge in [-0.05, 0) is 26.0 Å². The second-order valence-corrected chi connectivity index (χ2v) is 4.49. The zero-order chi connectivity index (χ0) is 13.8. The van der Waals surface area contributed by atoms with Gasteiger partial charge in [0.2, 0.25) is 0 Å². The highest BCUT2D eigenvalue weighted by atomic mass is 32.2. The number of nitrogens with zero attached hydrogens (tertiary/aromatic N) is 2. The summed E-state index contributed by atoms with van der Waals surface area (Å²) < 4.78 is 4.61. The number of thioether (sulfide) groups is 1. The fourth-order valence-corrected chi connectivity index (χ4v) is 1.95. The number of hydrogen-bond acceptors (Lipinski definition) is 4. The number of ether oxygens (including phenoxy) is 1. The Balaban J connectivity index is 4.00. The van der Waals surface area contributed by atoms with Crippen molar-refractivity contribution in [3.63, 3.8) is 0 Å². The van der Waals surface area contributed by atoms with Gasteiger partial charge in [-0.1, -0.05) is 12.2 Å². The molecule has 100 valence electrons. The Morgan fingerprint density at radius 2 is 2.17 bits per heavy atom. The van der Waals surface area contributed by atoms with E-state index < -0.39 is 17.5 Å². The van der Waals surface area contributed by atoms with Crippen molar-refractivity contribution in [3.8, 4) is 0 Å². The fraction of sp³-hybridized carbons (Fsp3) is 0.583. The zero-order valence-corrected chi connectivity index (χ0v) is 11.5. The maximum absolute atomic E-state index is 11.6. The number of allylic oxidation sites excluding steroid dienone is 1. The lowest BCUT2D eigenvalue weighted by atomic mass is 10.1. The second-order valence-electron chi connectivity index (χ2n) is 3.34. The molecule has 0 amide bonds. The summed E-state index contributed by atoms with van der Waals surface area (Å²) in [5, 5.41) is 0. The Morgan fingerprint density at radius 1 is 1.44 bits per heavy atom. The predicted molar refractivity (Wildman–Crippen MR) is 71.6 cm³/mol. The van der Waals surface area contributed by atoms with Crippen LogP contribution < -0.4 is 0 Å². The number of rotatable bonds is 9. The highest BCUT2D eigenvalue weighted by Crippen LogP contribution is 2.05. The first-order chi connectivity index (χ1) is 8.67. The van der Waals surface area contributed by atoms with Gasteiger partial charge in [-0.25, -0.2) is 4.79 Å². The van der Waals surface area contributed by atoms with E-state index in [4.69, 9.17) is 5.53 Å². The third-order valence-electron chi connectivity index (χ3n) is 1.98. The Morgan fingerprint density at radius 3 is 2.72 bits per heavy atom. The van der Waals surface area contributed by atoms with E-state index in [0.717, 1.165) is 11.5 Å². The molecule has 0 aliphatic rings. The minimum absolute atomic E-state index is 0.143. The highest BCUT2D eigenvalue weighted by molar-refractivity contribution is 7.99. The molecule has 0 unspecified atom stereocenters. The van der Waals surface area contributed by atoms with Gasteiger partial charge in [0.05, 0.1) is 6.61 Å². The Labute approximate surface area is 111 Å². The molecule has 6 heteroatoms. The normalized spacial score (nSPS) is 10.1. The average molecular weight is 270 g/mol. The molecule has 0 atom stereocenters. The molecular formula is C12H18N2O3S.